The molecule has 1 aliphatic carbocycles. The van der Waals surface area contributed by atoms with Crippen LogP contribution < -0.4 is 10.6 Å². The summed E-state index contributed by atoms with van der Waals surface area (Å²) in [4.78, 5) is 12.7. The summed E-state index contributed by atoms with van der Waals surface area (Å²) in [5.74, 6) is 1.52. The SMILES string of the molecule is CC(C)c1cccc(C(C)C)c1NC(=O)N[C@H]1CC[C@H](C(C)(C)C)CC1. The Kier molecular flexibility index (Phi) is 6.76. The Labute approximate surface area is 160 Å². The highest BCUT2D eigenvalue weighted by Crippen LogP contribution is 2.38. The smallest absolute Gasteiger partial charge is 0.319 e. The molecule has 0 heterocycles. The van der Waals surface area contributed by atoms with Crippen molar-refractivity contribution >= 4 is 11.7 Å². The summed E-state index contributed by atoms with van der Waals surface area (Å²) in [5.41, 5.74) is 3.79. The van der Waals surface area contributed by atoms with Gasteiger partial charge in [0.1, 0.15) is 0 Å². The maximum absolute atomic E-state index is 12.7. The number of nitrogens with one attached hydrogen (secondary N) is 2. The first-order chi connectivity index (χ1) is 12.1. The van der Waals surface area contributed by atoms with Crippen molar-refractivity contribution in [2.45, 2.75) is 92.0 Å². The zero-order valence-corrected chi connectivity index (χ0v) is 17.8. The predicted octanol–water partition coefficient (Wildman–Crippen LogP) is 6.66. The van der Waals surface area contributed by atoms with Gasteiger partial charge in [-0.1, -0.05) is 66.7 Å². The first-order valence-electron chi connectivity index (χ1n) is 10.3. The van der Waals surface area contributed by atoms with Crippen LogP contribution in [-0.4, -0.2) is 12.1 Å². The Bertz CT molecular complexity index is 579. The fourth-order valence-corrected chi connectivity index (χ4v) is 4.13. The van der Waals surface area contributed by atoms with Gasteiger partial charge in [0.2, 0.25) is 0 Å². The lowest BCUT2D eigenvalue weighted by Crippen LogP contribution is -2.41. The molecule has 146 valence electrons. The third kappa shape index (κ3) is 5.25. The van der Waals surface area contributed by atoms with Gasteiger partial charge in [0.25, 0.3) is 0 Å². The van der Waals surface area contributed by atoms with Gasteiger partial charge in [-0.2, -0.15) is 0 Å². The quantitative estimate of drug-likeness (QED) is 0.621. The van der Waals surface area contributed by atoms with Crippen LogP contribution in [0.4, 0.5) is 10.5 Å². The maximum atomic E-state index is 12.7. The van der Waals surface area contributed by atoms with Crippen LogP contribution >= 0.6 is 0 Å². The largest absolute Gasteiger partial charge is 0.335 e. The standard InChI is InChI=1S/C23H38N2O/c1-15(2)19-9-8-10-20(16(3)4)21(19)25-22(26)24-18-13-11-17(12-14-18)23(5,6)7/h8-10,15-18H,11-14H2,1-7H3,(H2,24,25,26)/t17-,18-. The second kappa shape index (κ2) is 8.45. The normalized spacial score (nSPS) is 21.1. The summed E-state index contributed by atoms with van der Waals surface area (Å²) >= 11 is 0. The minimum absolute atomic E-state index is 0.0563. The first-order valence-corrected chi connectivity index (χ1v) is 10.3. The van der Waals surface area contributed by atoms with E-state index in [1.165, 1.54) is 24.0 Å². The lowest BCUT2D eigenvalue weighted by Gasteiger charge is -2.37. The fraction of sp³-hybridized carbons (Fsp3) is 0.696. The van der Waals surface area contributed by atoms with Crippen molar-refractivity contribution in [2.75, 3.05) is 5.32 Å². The lowest BCUT2D eigenvalue weighted by molar-refractivity contribution is 0.161. The van der Waals surface area contributed by atoms with Crippen molar-refractivity contribution in [3.8, 4) is 0 Å². The molecule has 0 spiro atoms. The van der Waals surface area contributed by atoms with Crippen LogP contribution in [0.15, 0.2) is 18.2 Å². The summed E-state index contributed by atoms with van der Waals surface area (Å²) in [6.45, 7) is 15.7. The van der Waals surface area contributed by atoms with E-state index in [-0.39, 0.29) is 6.03 Å². The van der Waals surface area contributed by atoms with E-state index in [2.05, 4.69) is 77.3 Å². The molecular formula is C23H38N2O. The van der Waals surface area contributed by atoms with E-state index in [1.807, 2.05) is 0 Å². The Morgan fingerprint density at radius 1 is 0.962 bits per heavy atom. The summed E-state index contributed by atoms with van der Waals surface area (Å²) in [6, 6.07) is 6.59. The van der Waals surface area contributed by atoms with Crippen LogP contribution in [0.3, 0.4) is 0 Å². The van der Waals surface area contributed by atoms with E-state index in [4.69, 9.17) is 0 Å². The van der Waals surface area contributed by atoms with Gasteiger partial charge in [-0.3, -0.25) is 0 Å². The molecule has 1 fully saturated rings. The molecule has 0 aliphatic heterocycles. The average Bonchev–Trinajstić information content (AvgIpc) is 2.54. The predicted molar refractivity (Wildman–Crippen MR) is 112 cm³/mol. The molecule has 3 nitrogen and oxygen atoms in total. The summed E-state index contributed by atoms with van der Waals surface area (Å²) in [6.07, 6.45) is 4.57. The number of hydrogen-bond donors (Lipinski definition) is 2. The van der Waals surface area contributed by atoms with Crippen LogP contribution in [0.25, 0.3) is 0 Å². The second-order valence-electron chi connectivity index (χ2n) is 9.63. The molecule has 0 saturated heterocycles. The van der Waals surface area contributed by atoms with E-state index in [0.29, 0.717) is 23.3 Å². The van der Waals surface area contributed by atoms with Crippen LogP contribution in [0.2, 0.25) is 0 Å². The van der Waals surface area contributed by atoms with Gasteiger partial charge in [-0.25, -0.2) is 4.79 Å². The molecule has 2 amide bonds. The van der Waals surface area contributed by atoms with Gasteiger partial charge in [-0.15, -0.1) is 0 Å². The van der Waals surface area contributed by atoms with Crippen molar-refractivity contribution in [1.82, 2.24) is 5.32 Å². The van der Waals surface area contributed by atoms with Gasteiger partial charge in [-0.05, 0) is 60.0 Å². The maximum Gasteiger partial charge on any atom is 0.319 e. The highest BCUT2D eigenvalue weighted by atomic mass is 16.2. The minimum Gasteiger partial charge on any atom is -0.335 e. The number of carbonyl (C=O) groups excluding carboxylic acids is 1. The number of anilines is 1. The number of carbonyl (C=O) groups is 1. The zero-order chi connectivity index (χ0) is 19.5. The monoisotopic (exact) mass is 358 g/mol. The van der Waals surface area contributed by atoms with Crippen LogP contribution in [0.5, 0.6) is 0 Å². The van der Waals surface area contributed by atoms with Crippen LogP contribution in [0.1, 0.15) is 97.1 Å². The topological polar surface area (TPSA) is 41.1 Å². The minimum atomic E-state index is -0.0563. The van der Waals surface area contributed by atoms with E-state index in [9.17, 15) is 4.79 Å². The third-order valence-electron chi connectivity index (χ3n) is 5.90. The van der Waals surface area contributed by atoms with Gasteiger partial charge >= 0.3 is 6.03 Å². The van der Waals surface area contributed by atoms with Crippen molar-refractivity contribution in [3.05, 3.63) is 29.3 Å². The van der Waals surface area contributed by atoms with Gasteiger partial charge < -0.3 is 10.6 Å². The number of benzene rings is 1. The number of amides is 2. The molecule has 0 unspecified atom stereocenters. The summed E-state index contributed by atoms with van der Waals surface area (Å²) < 4.78 is 0. The van der Waals surface area contributed by atoms with Crippen LogP contribution in [0, 0.1) is 11.3 Å². The van der Waals surface area contributed by atoms with Gasteiger partial charge in [0.15, 0.2) is 0 Å². The molecule has 3 heteroatoms. The molecule has 0 atom stereocenters. The van der Waals surface area contributed by atoms with Gasteiger partial charge in [0.05, 0.1) is 0 Å². The van der Waals surface area contributed by atoms with Crippen LogP contribution in [-0.2, 0) is 0 Å². The Morgan fingerprint density at radius 3 is 1.88 bits per heavy atom. The molecule has 1 aromatic rings. The first kappa shape index (κ1) is 20.8. The zero-order valence-electron chi connectivity index (χ0n) is 17.8. The molecular weight excluding hydrogens is 320 g/mol. The molecule has 2 N–H and O–H groups in total. The van der Waals surface area contributed by atoms with E-state index < -0.39 is 0 Å². The van der Waals surface area contributed by atoms with Crippen molar-refractivity contribution < 1.29 is 4.79 Å². The van der Waals surface area contributed by atoms with Gasteiger partial charge in [0, 0.05) is 11.7 Å². The van der Waals surface area contributed by atoms with E-state index >= 15 is 0 Å². The number of para-hydroxylation sites is 1. The van der Waals surface area contributed by atoms with Crippen molar-refractivity contribution in [1.29, 1.82) is 0 Å². The third-order valence-corrected chi connectivity index (χ3v) is 5.90. The number of hydrogen-bond acceptors (Lipinski definition) is 1. The number of urea groups is 1. The second-order valence-corrected chi connectivity index (χ2v) is 9.63. The van der Waals surface area contributed by atoms with E-state index in [0.717, 1.165) is 24.4 Å². The van der Waals surface area contributed by atoms with Crippen molar-refractivity contribution in [3.63, 3.8) is 0 Å². The summed E-state index contributed by atoms with van der Waals surface area (Å²) in [7, 11) is 0. The summed E-state index contributed by atoms with van der Waals surface area (Å²) in [5, 5.41) is 6.40. The Balaban J connectivity index is 2.03. The molecule has 1 saturated carbocycles. The highest BCUT2D eigenvalue weighted by Gasteiger charge is 2.30. The molecule has 1 aliphatic rings. The lowest BCUT2D eigenvalue weighted by atomic mass is 9.71. The van der Waals surface area contributed by atoms with Crippen molar-refractivity contribution in [2.24, 2.45) is 11.3 Å². The fourth-order valence-electron chi connectivity index (χ4n) is 4.13. The highest BCUT2D eigenvalue weighted by molar-refractivity contribution is 5.91. The number of rotatable bonds is 4. The molecule has 0 bridgehead atoms. The Hall–Kier alpha value is -1.51. The molecule has 0 aromatic heterocycles. The molecule has 26 heavy (non-hydrogen) atoms. The molecule has 0 radical (unpaired) electrons. The van der Waals surface area contributed by atoms with E-state index in [1.54, 1.807) is 0 Å². The Morgan fingerprint density at radius 2 is 1.46 bits per heavy atom. The molecule has 2 rings (SSSR count). The average molecular weight is 359 g/mol. The molecule has 1 aromatic carbocycles.